The minimum atomic E-state index is -4.02. The Bertz CT molecular complexity index is 330. The van der Waals surface area contributed by atoms with Crippen LogP contribution in [0.4, 0.5) is 0 Å². The van der Waals surface area contributed by atoms with E-state index in [4.69, 9.17) is 24.1 Å². The monoisotopic (exact) mass is 426 g/mol. The molecular formula is C12H18Cl2O4Te. The topological polar surface area (TPSA) is 52.6 Å². The summed E-state index contributed by atoms with van der Waals surface area (Å²) in [4.78, 5) is 23.4. The van der Waals surface area contributed by atoms with Gasteiger partial charge in [0.1, 0.15) is 0 Å². The SMILES string of the molecule is O=C1CCCCC1O[Te](Cl)(Cl)OC1CCCCC1=O. The summed E-state index contributed by atoms with van der Waals surface area (Å²) in [6, 6.07) is 0. The zero-order valence-electron chi connectivity index (χ0n) is 10.6. The Morgan fingerprint density at radius 3 is 1.63 bits per heavy atom. The maximum absolute atomic E-state index is 11.7. The first kappa shape index (κ1) is 16.0. The van der Waals surface area contributed by atoms with Gasteiger partial charge in [0.15, 0.2) is 0 Å². The third-order valence-corrected chi connectivity index (χ3v) is 8.01. The number of ketones is 2. The van der Waals surface area contributed by atoms with Gasteiger partial charge in [-0.1, -0.05) is 0 Å². The van der Waals surface area contributed by atoms with Gasteiger partial charge in [-0.25, -0.2) is 0 Å². The van der Waals surface area contributed by atoms with Crippen molar-refractivity contribution in [1.29, 1.82) is 0 Å². The van der Waals surface area contributed by atoms with Crippen LogP contribution in [0.15, 0.2) is 0 Å². The predicted molar refractivity (Wildman–Crippen MR) is 74.2 cm³/mol. The van der Waals surface area contributed by atoms with Crippen molar-refractivity contribution in [3.05, 3.63) is 0 Å². The maximum atomic E-state index is 11.7. The first-order valence-electron chi connectivity index (χ1n) is 6.62. The molecule has 2 rings (SSSR count). The van der Waals surface area contributed by atoms with Crippen LogP contribution < -0.4 is 0 Å². The van der Waals surface area contributed by atoms with E-state index in [-0.39, 0.29) is 11.6 Å². The first-order chi connectivity index (χ1) is 8.98. The summed E-state index contributed by atoms with van der Waals surface area (Å²) in [5, 5.41) is 0. The van der Waals surface area contributed by atoms with E-state index in [1.54, 1.807) is 0 Å². The van der Waals surface area contributed by atoms with Gasteiger partial charge in [-0.15, -0.1) is 0 Å². The third-order valence-electron chi connectivity index (χ3n) is 3.45. The van der Waals surface area contributed by atoms with Gasteiger partial charge in [0.25, 0.3) is 0 Å². The second-order valence-electron chi connectivity index (χ2n) is 4.97. The predicted octanol–water partition coefficient (Wildman–Crippen LogP) is 2.96. The van der Waals surface area contributed by atoms with Crippen LogP contribution in [0.25, 0.3) is 0 Å². The van der Waals surface area contributed by atoms with Crippen LogP contribution in [-0.2, 0) is 15.8 Å². The molecule has 0 amide bonds. The zero-order chi connectivity index (χ0) is 13.9. The second-order valence-corrected chi connectivity index (χ2v) is 14.7. The third kappa shape index (κ3) is 4.84. The van der Waals surface area contributed by atoms with E-state index in [0.717, 1.165) is 25.7 Å². The molecule has 7 heteroatoms. The minimum absolute atomic E-state index is 0.0433. The van der Waals surface area contributed by atoms with Crippen molar-refractivity contribution in [3.8, 4) is 0 Å². The van der Waals surface area contributed by atoms with Crippen LogP contribution in [0.1, 0.15) is 51.4 Å². The van der Waals surface area contributed by atoms with Crippen molar-refractivity contribution in [3.63, 3.8) is 0 Å². The fourth-order valence-corrected chi connectivity index (χ4v) is 7.59. The Labute approximate surface area is 125 Å². The number of hydrogen-bond donors (Lipinski definition) is 0. The fourth-order valence-electron chi connectivity index (χ4n) is 2.40. The number of carbonyl (C=O) groups excluding carboxylic acids is 2. The summed E-state index contributed by atoms with van der Waals surface area (Å²) >= 11 is -4.02. The number of Topliss-reactive ketones (excluding diaryl/α,β-unsaturated/α-hetero) is 2. The molecule has 0 heterocycles. The standard InChI is InChI=1S/C12H18Cl2O4Te/c13-19(14,17-11-7-3-1-5-9(11)15)18-12-8-4-2-6-10(12)16/h11-12H,1-8H2. The average molecular weight is 425 g/mol. The quantitative estimate of drug-likeness (QED) is 0.651. The van der Waals surface area contributed by atoms with Gasteiger partial charge in [-0.05, 0) is 0 Å². The molecule has 0 radical (unpaired) electrons. The number of hydrogen-bond acceptors (Lipinski definition) is 4. The number of halogens is 2. The molecule has 110 valence electrons. The summed E-state index contributed by atoms with van der Waals surface area (Å²) in [6.07, 6.45) is 4.90. The van der Waals surface area contributed by atoms with Crippen LogP contribution in [0.2, 0.25) is 0 Å². The number of carbonyl (C=O) groups is 2. The van der Waals surface area contributed by atoms with Crippen LogP contribution in [-0.4, -0.2) is 40.5 Å². The van der Waals surface area contributed by atoms with Crippen molar-refractivity contribution in [2.24, 2.45) is 0 Å². The number of rotatable bonds is 4. The summed E-state index contributed by atoms with van der Waals surface area (Å²) < 4.78 is 11.1. The molecule has 2 unspecified atom stereocenters. The average Bonchev–Trinajstić information content (AvgIpc) is 2.35. The van der Waals surface area contributed by atoms with E-state index >= 15 is 0 Å². The van der Waals surface area contributed by atoms with Crippen molar-refractivity contribution < 1.29 is 15.8 Å². The molecule has 2 aliphatic carbocycles. The molecule has 0 aromatic rings. The molecule has 0 spiro atoms. The van der Waals surface area contributed by atoms with E-state index in [1.807, 2.05) is 0 Å². The summed E-state index contributed by atoms with van der Waals surface area (Å²) in [7, 11) is 12.3. The van der Waals surface area contributed by atoms with Gasteiger partial charge in [-0.3, -0.25) is 0 Å². The van der Waals surface area contributed by atoms with E-state index in [2.05, 4.69) is 0 Å². The Hall–Kier alpha value is 0.630. The van der Waals surface area contributed by atoms with Gasteiger partial charge in [-0.2, -0.15) is 0 Å². The van der Waals surface area contributed by atoms with Gasteiger partial charge >= 0.3 is 126 Å². The fraction of sp³-hybridized carbons (Fsp3) is 0.833. The molecule has 0 bridgehead atoms. The molecule has 0 N–H and O–H groups in total. The molecule has 2 atom stereocenters. The van der Waals surface area contributed by atoms with E-state index < -0.39 is 29.0 Å². The molecule has 2 saturated carbocycles. The van der Waals surface area contributed by atoms with Crippen molar-refractivity contribution in [1.82, 2.24) is 0 Å². The second kappa shape index (κ2) is 7.06. The summed E-state index contributed by atoms with van der Waals surface area (Å²) in [6.45, 7) is 0. The molecule has 0 saturated heterocycles. The summed E-state index contributed by atoms with van der Waals surface area (Å²) in [5.74, 6) is 0.0867. The van der Waals surface area contributed by atoms with Crippen molar-refractivity contribution in [2.75, 3.05) is 0 Å². The van der Waals surface area contributed by atoms with Gasteiger partial charge in [0.05, 0.1) is 0 Å². The van der Waals surface area contributed by atoms with E-state index in [1.165, 1.54) is 0 Å². The van der Waals surface area contributed by atoms with E-state index in [0.29, 0.717) is 25.7 Å². The van der Waals surface area contributed by atoms with Crippen LogP contribution in [0.5, 0.6) is 0 Å². The normalized spacial score (nSPS) is 30.4. The van der Waals surface area contributed by atoms with Crippen molar-refractivity contribution >= 4 is 46.3 Å². The Morgan fingerprint density at radius 1 is 0.842 bits per heavy atom. The molecule has 0 aromatic carbocycles. The molecular weight excluding hydrogens is 407 g/mol. The van der Waals surface area contributed by atoms with Crippen LogP contribution in [0, 0.1) is 0 Å². The Kier molecular flexibility index (Phi) is 5.95. The molecule has 4 nitrogen and oxygen atoms in total. The zero-order valence-corrected chi connectivity index (χ0v) is 14.5. The van der Waals surface area contributed by atoms with Gasteiger partial charge in [0, 0.05) is 0 Å². The summed E-state index contributed by atoms with van der Waals surface area (Å²) in [5.41, 5.74) is 0. The van der Waals surface area contributed by atoms with Crippen LogP contribution >= 0.6 is 17.9 Å². The van der Waals surface area contributed by atoms with E-state index in [9.17, 15) is 9.59 Å². The Morgan fingerprint density at radius 2 is 1.26 bits per heavy atom. The van der Waals surface area contributed by atoms with Gasteiger partial charge < -0.3 is 0 Å². The van der Waals surface area contributed by atoms with Gasteiger partial charge in [0.2, 0.25) is 0 Å². The molecule has 19 heavy (non-hydrogen) atoms. The molecule has 0 aromatic heterocycles. The van der Waals surface area contributed by atoms with Crippen molar-refractivity contribution in [2.45, 2.75) is 63.6 Å². The van der Waals surface area contributed by atoms with Crippen LogP contribution in [0.3, 0.4) is 0 Å². The molecule has 0 aliphatic heterocycles. The Balaban J connectivity index is 1.89. The molecule has 2 aliphatic rings. The first-order valence-corrected chi connectivity index (χ1v) is 14.4. The molecule has 2 fully saturated rings.